The maximum absolute atomic E-state index is 12.4. The van der Waals surface area contributed by atoms with Crippen LogP contribution in [0, 0.1) is 0 Å². The predicted molar refractivity (Wildman–Crippen MR) is 92.1 cm³/mol. The molecule has 0 aliphatic carbocycles. The number of rotatable bonds is 3. The number of benzene rings is 1. The number of hydrogen-bond acceptors (Lipinski definition) is 4. The minimum absolute atomic E-state index is 0.120. The molecule has 1 aromatic carbocycles. The van der Waals surface area contributed by atoms with Crippen LogP contribution in [0.3, 0.4) is 0 Å². The van der Waals surface area contributed by atoms with Gasteiger partial charge in [-0.25, -0.2) is 4.98 Å². The van der Waals surface area contributed by atoms with E-state index in [0.717, 1.165) is 16.9 Å². The van der Waals surface area contributed by atoms with Crippen LogP contribution in [-0.4, -0.2) is 30.1 Å². The molecular weight excluding hydrogens is 310 g/mol. The molecule has 2 heterocycles. The van der Waals surface area contributed by atoms with Crippen molar-refractivity contribution in [2.45, 2.75) is 17.9 Å². The van der Waals surface area contributed by atoms with Crippen LogP contribution in [0.25, 0.3) is 0 Å². The van der Waals surface area contributed by atoms with Crippen molar-refractivity contribution in [2.75, 3.05) is 23.5 Å². The third-order valence-corrected chi connectivity index (χ3v) is 4.60. The Morgan fingerprint density at radius 3 is 2.91 bits per heavy atom. The Balaban J connectivity index is 1.84. The highest BCUT2D eigenvalue weighted by molar-refractivity contribution is 7.98. The van der Waals surface area contributed by atoms with Gasteiger partial charge < -0.3 is 10.2 Å². The van der Waals surface area contributed by atoms with E-state index in [1.54, 1.807) is 30.3 Å². The van der Waals surface area contributed by atoms with Crippen molar-refractivity contribution in [3.63, 3.8) is 0 Å². The first-order valence-electron chi connectivity index (χ1n) is 7.30. The van der Waals surface area contributed by atoms with Crippen LogP contribution in [0.5, 0.6) is 0 Å². The Hall–Kier alpha value is -2.34. The number of carbonyl (C=O) groups excluding carboxylic acids is 2. The Labute approximate surface area is 139 Å². The normalized spacial score (nSPS) is 13.7. The fourth-order valence-electron chi connectivity index (χ4n) is 2.66. The number of pyridine rings is 1. The Bertz CT molecular complexity index is 776. The number of thioether (sulfide) groups is 1. The molecular formula is C17H17N3O2S. The first kappa shape index (κ1) is 15.6. The molecule has 2 amide bonds. The smallest absolute Gasteiger partial charge is 0.258 e. The number of nitrogens with zero attached hydrogens (tertiary/aromatic N) is 2. The SMILES string of the molecule is CSc1ncccc1C(=O)Nc1ccc2c(c1)CCC(=O)N2C. The summed E-state index contributed by atoms with van der Waals surface area (Å²) in [6.45, 7) is 0. The standard InChI is InChI=1S/C17H17N3O2S/c1-20-14-7-6-12(10-11(14)5-8-15(20)21)19-16(22)13-4-3-9-18-17(13)23-2/h3-4,6-7,9-10H,5,8H2,1-2H3,(H,19,22). The van der Waals surface area contributed by atoms with E-state index in [1.165, 1.54) is 11.8 Å². The van der Waals surface area contributed by atoms with Crippen LogP contribution < -0.4 is 10.2 Å². The summed E-state index contributed by atoms with van der Waals surface area (Å²) < 4.78 is 0. The Morgan fingerprint density at radius 1 is 1.30 bits per heavy atom. The van der Waals surface area contributed by atoms with Gasteiger partial charge in [-0.3, -0.25) is 9.59 Å². The van der Waals surface area contributed by atoms with E-state index in [0.29, 0.717) is 23.4 Å². The molecule has 6 heteroatoms. The highest BCUT2D eigenvalue weighted by atomic mass is 32.2. The molecule has 23 heavy (non-hydrogen) atoms. The van der Waals surface area contributed by atoms with E-state index in [9.17, 15) is 9.59 Å². The lowest BCUT2D eigenvalue weighted by molar-refractivity contribution is -0.118. The van der Waals surface area contributed by atoms with Gasteiger partial charge in [-0.2, -0.15) is 0 Å². The zero-order valence-electron chi connectivity index (χ0n) is 13.0. The summed E-state index contributed by atoms with van der Waals surface area (Å²) >= 11 is 1.44. The number of aromatic nitrogens is 1. The number of carbonyl (C=O) groups is 2. The third kappa shape index (κ3) is 3.07. The summed E-state index contributed by atoms with van der Waals surface area (Å²) in [4.78, 5) is 30.0. The molecule has 1 aliphatic rings. The second-order valence-corrected chi connectivity index (χ2v) is 6.11. The molecule has 0 atom stereocenters. The second-order valence-electron chi connectivity index (χ2n) is 5.31. The van der Waals surface area contributed by atoms with Crippen molar-refractivity contribution in [1.82, 2.24) is 4.98 Å². The van der Waals surface area contributed by atoms with Crippen molar-refractivity contribution in [3.8, 4) is 0 Å². The van der Waals surface area contributed by atoms with E-state index < -0.39 is 0 Å². The van der Waals surface area contributed by atoms with Crippen molar-refractivity contribution in [3.05, 3.63) is 47.7 Å². The largest absolute Gasteiger partial charge is 0.322 e. The van der Waals surface area contributed by atoms with Gasteiger partial charge in [-0.15, -0.1) is 11.8 Å². The summed E-state index contributed by atoms with van der Waals surface area (Å²) in [5.41, 5.74) is 3.27. The lowest BCUT2D eigenvalue weighted by Crippen LogP contribution is -2.31. The van der Waals surface area contributed by atoms with Gasteiger partial charge in [-0.1, -0.05) is 0 Å². The van der Waals surface area contributed by atoms with Crippen LogP contribution in [0.2, 0.25) is 0 Å². The molecule has 5 nitrogen and oxygen atoms in total. The maximum atomic E-state index is 12.4. The highest BCUT2D eigenvalue weighted by Crippen LogP contribution is 2.29. The lowest BCUT2D eigenvalue weighted by Gasteiger charge is -2.26. The number of amides is 2. The van der Waals surface area contributed by atoms with Crippen molar-refractivity contribution in [2.24, 2.45) is 0 Å². The molecule has 3 rings (SSSR count). The molecule has 0 unspecified atom stereocenters. The second kappa shape index (κ2) is 6.42. The minimum atomic E-state index is -0.178. The van der Waals surface area contributed by atoms with Crippen LogP contribution in [0.1, 0.15) is 22.3 Å². The Kier molecular flexibility index (Phi) is 4.34. The van der Waals surface area contributed by atoms with Crippen LogP contribution in [0.4, 0.5) is 11.4 Å². The van der Waals surface area contributed by atoms with Crippen LogP contribution >= 0.6 is 11.8 Å². The van der Waals surface area contributed by atoms with E-state index >= 15 is 0 Å². The highest BCUT2D eigenvalue weighted by Gasteiger charge is 2.21. The fourth-order valence-corrected chi connectivity index (χ4v) is 3.21. The molecule has 0 fully saturated rings. The number of aryl methyl sites for hydroxylation is 1. The number of nitrogens with one attached hydrogen (secondary N) is 1. The molecule has 0 bridgehead atoms. The quantitative estimate of drug-likeness (QED) is 0.881. The van der Waals surface area contributed by atoms with E-state index in [-0.39, 0.29) is 11.8 Å². The number of hydrogen-bond donors (Lipinski definition) is 1. The maximum Gasteiger partial charge on any atom is 0.258 e. The van der Waals surface area contributed by atoms with Gasteiger partial charge >= 0.3 is 0 Å². The van der Waals surface area contributed by atoms with E-state index in [4.69, 9.17) is 0 Å². The van der Waals surface area contributed by atoms with Gasteiger partial charge in [0, 0.05) is 31.0 Å². The monoisotopic (exact) mass is 327 g/mol. The van der Waals surface area contributed by atoms with Gasteiger partial charge in [0.25, 0.3) is 5.91 Å². The summed E-state index contributed by atoms with van der Waals surface area (Å²) in [5.74, 6) is -0.0584. The van der Waals surface area contributed by atoms with E-state index in [2.05, 4.69) is 10.3 Å². The van der Waals surface area contributed by atoms with Gasteiger partial charge in [0.2, 0.25) is 5.91 Å². The van der Waals surface area contributed by atoms with E-state index in [1.807, 2.05) is 24.5 Å². The summed E-state index contributed by atoms with van der Waals surface area (Å²) in [7, 11) is 1.78. The molecule has 1 aliphatic heterocycles. The topological polar surface area (TPSA) is 62.3 Å². The van der Waals surface area contributed by atoms with Gasteiger partial charge in [0.15, 0.2) is 0 Å². The van der Waals surface area contributed by atoms with Crippen LogP contribution in [0.15, 0.2) is 41.6 Å². The number of anilines is 2. The molecule has 0 saturated heterocycles. The molecule has 1 N–H and O–H groups in total. The zero-order valence-corrected chi connectivity index (χ0v) is 13.8. The third-order valence-electron chi connectivity index (χ3n) is 3.89. The Morgan fingerprint density at radius 2 is 2.13 bits per heavy atom. The van der Waals surface area contributed by atoms with Gasteiger partial charge in [-0.05, 0) is 48.6 Å². The minimum Gasteiger partial charge on any atom is -0.322 e. The molecule has 118 valence electrons. The first-order chi connectivity index (χ1) is 11.1. The van der Waals surface area contributed by atoms with Crippen LogP contribution in [-0.2, 0) is 11.2 Å². The van der Waals surface area contributed by atoms with Crippen molar-refractivity contribution in [1.29, 1.82) is 0 Å². The zero-order chi connectivity index (χ0) is 16.4. The molecule has 1 aromatic heterocycles. The van der Waals surface area contributed by atoms with Gasteiger partial charge in [0.05, 0.1) is 5.56 Å². The fraction of sp³-hybridized carbons (Fsp3) is 0.235. The average Bonchev–Trinajstić information content (AvgIpc) is 2.58. The first-order valence-corrected chi connectivity index (χ1v) is 8.52. The summed E-state index contributed by atoms with van der Waals surface area (Å²) in [6.07, 6.45) is 4.77. The summed E-state index contributed by atoms with van der Waals surface area (Å²) in [5, 5.41) is 3.62. The lowest BCUT2D eigenvalue weighted by atomic mass is 10.0. The van der Waals surface area contributed by atoms with Gasteiger partial charge in [0.1, 0.15) is 5.03 Å². The average molecular weight is 327 g/mol. The molecule has 0 spiro atoms. The predicted octanol–water partition coefficient (Wildman–Crippen LogP) is 2.96. The molecule has 2 aromatic rings. The van der Waals surface area contributed by atoms with Crippen molar-refractivity contribution >= 4 is 35.0 Å². The number of fused-ring (bicyclic) bond motifs is 1. The molecule has 0 radical (unpaired) electrons. The summed E-state index contributed by atoms with van der Waals surface area (Å²) in [6, 6.07) is 9.15. The molecule has 0 saturated carbocycles. The van der Waals surface area contributed by atoms with Crippen molar-refractivity contribution < 1.29 is 9.59 Å².